The summed E-state index contributed by atoms with van der Waals surface area (Å²) in [6, 6.07) is 14.4. The van der Waals surface area contributed by atoms with Crippen molar-refractivity contribution in [3.63, 3.8) is 0 Å². The van der Waals surface area contributed by atoms with E-state index in [0.29, 0.717) is 10.6 Å². The van der Waals surface area contributed by atoms with E-state index in [9.17, 15) is 8.42 Å². The summed E-state index contributed by atoms with van der Waals surface area (Å²) in [6.45, 7) is 2.01. The van der Waals surface area contributed by atoms with Crippen molar-refractivity contribution in [2.24, 2.45) is 0 Å². The lowest BCUT2D eigenvalue weighted by molar-refractivity contribution is 0.402. The summed E-state index contributed by atoms with van der Waals surface area (Å²) in [5.74, 6) is 0.0910. The molecular formula is C20H18ClNO3S. The molecule has 0 N–H and O–H groups in total. The molecule has 0 amide bonds. The zero-order valence-electron chi connectivity index (χ0n) is 14.4. The Balaban J connectivity index is 1.96. The monoisotopic (exact) mass is 387 g/mol. The molecule has 0 aliphatic heterocycles. The number of sulfone groups is 1. The van der Waals surface area contributed by atoms with Crippen molar-refractivity contribution < 1.29 is 13.2 Å². The van der Waals surface area contributed by atoms with Gasteiger partial charge in [-0.15, -0.1) is 0 Å². The lowest BCUT2D eigenvalue weighted by atomic mass is 10.0. The summed E-state index contributed by atoms with van der Waals surface area (Å²) < 4.78 is 30.9. The SMILES string of the molecule is COc1ccc(Cl)cc1S(=O)(=O)Cc1cncc(-c2cccc(C)c2)c1. The molecule has 0 spiro atoms. The zero-order valence-corrected chi connectivity index (χ0v) is 16.0. The van der Waals surface area contributed by atoms with Crippen LogP contribution in [0.1, 0.15) is 11.1 Å². The second kappa shape index (κ2) is 7.48. The van der Waals surface area contributed by atoms with Gasteiger partial charge >= 0.3 is 0 Å². The van der Waals surface area contributed by atoms with Gasteiger partial charge in [-0.2, -0.15) is 0 Å². The third-order valence-corrected chi connectivity index (χ3v) is 5.90. The number of pyridine rings is 1. The summed E-state index contributed by atoms with van der Waals surface area (Å²) in [5, 5.41) is 0.344. The van der Waals surface area contributed by atoms with Crippen molar-refractivity contribution in [1.29, 1.82) is 0 Å². The second-order valence-electron chi connectivity index (χ2n) is 6.01. The average molecular weight is 388 g/mol. The highest BCUT2D eigenvalue weighted by atomic mass is 35.5. The van der Waals surface area contributed by atoms with Gasteiger partial charge in [0.05, 0.1) is 12.9 Å². The van der Waals surface area contributed by atoms with E-state index in [1.807, 2.05) is 37.3 Å². The predicted octanol–water partition coefficient (Wildman–Crippen LogP) is 4.69. The Morgan fingerprint density at radius 2 is 1.85 bits per heavy atom. The lowest BCUT2D eigenvalue weighted by Gasteiger charge is -2.11. The fourth-order valence-corrected chi connectivity index (χ4v) is 4.49. The van der Waals surface area contributed by atoms with E-state index in [2.05, 4.69) is 4.98 Å². The van der Waals surface area contributed by atoms with Gasteiger partial charge < -0.3 is 4.74 Å². The Bertz CT molecular complexity index is 1050. The van der Waals surface area contributed by atoms with Crippen LogP contribution in [-0.2, 0) is 15.6 Å². The number of aryl methyl sites for hydroxylation is 1. The summed E-state index contributed by atoms with van der Waals surface area (Å²) in [6.07, 6.45) is 3.29. The Labute approximate surface area is 158 Å². The van der Waals surface area contributed by atoms with Gasteiger partial charge in [0, 0.05) is 23.0 Å². The van der Waals surface area contributed by atoms with Gasteiger partial charge in [0.2, 0.25) is 0 Å². The minimum Gasteiger partial charge on any atom is -0.495 e. The first-order valence-corrected chi connectivity index (χ1v) is 9.99. The van der Waals surface area contributed by atoms with Gasteiger partial charge in [0.15, 0.2) is 9.84 Å². The fourth-order valence-electron chi connectivity index (χ4n) is 2.74. The minimum atomic E-state index is -3.64. The van der Waals surface area contributed by atoms with E-state index in [4.69, 9.17) is 16.3 Å². The minimum absolute atomic E-state index is 0.0773. The van der Waals surface area contributed by atoms with Gasteiger partial charge in [0.25, 0.3) is 0 Å². The second-order valence-corrected chi connectivity index (χ2v) is 8.40. The van der Waals surface area contributed by atoms with Crippen LogP contribution < -0.4 is 4.74 Å². The summed E-state index contributed by atoms with van der Waals surface area (Å²) in [4.78, 5) is 4.28. The average Bonchev–Trinajstić information content (AvgIpc) is 2.61. The summed E-state index contributed by atoms with van der Waals surface area (Å²) in [7, 11) is -2.20. The summed E-state index contributed by atoms with van der Waals surface area (Å²) in [5.41, 5.74) is 3.60. The number of aromatic nitrogens is 1. The highest BCUT2D eigenvalue weighted by Crippen LogP contribution is 2.30. The molecule has 0 atom stereocenters. The van der Waals surface area contributed by atoms with Gasteiger partial charge in [-0.1, -0.05) is 41.4 Å². The molecular weight excluding hydrogens is 370 g/mol. The van der Waals surface area contributed by atoms with Crippen LogP contribution in [0.25, 0.3) is 11.1 Å². The Morgan fingerprint density at radius 1 is 1.04 bits per heavy atom. The smallest absolute Gasteiger partial charge is 0.186 e. The highest BCUT2D eigenvalue weighted by Gasteiger charge is 2.21. The molecule has 3 aromatic rings. The van der Waals surface area contributed by atoms with Crippen LogP contribution in [0.5, 0.6) is 5.75 Å². The van der Waals surface area contributed by atoms with Crippen molar-refractivity contribution in [1.82, 2.24) is 4.98 Å². The number of halogens is 1. The molecule has 0 aliphatic carbocycles. The molecule has 0 radical (unpaired) electrons. The number of nitrogens with zero attached hydrogens (tertiary/aromatic N) is 1. The molecule has 1 heterocycles. The van der Waals surface area contributed by atoms with E-state index < -0.39 is 9.84 Å². The first-order chi connectivity index (χ1) is 12.4. The number of methoxy groups -OCH3 is 1. The Hall–Kier alpha value is -2.37. The first kappa shape index (κ1) is 18.4. The van der Waals surface area contributed by atoms with E-state index >= 15 is 0 Å². The predicted molar refractivity (Wildman–Crippen MR) is 103 cm³/mol. The fraction of sp³-hybridized carbons (Fsp3) is 0.150. The van der Waals surface area contributed by atoms with Gasteiger partial charge in [-0.25, -0.2) is 8.42 Å². The van der Waals surface area contributed by atoms with Crippen molar-refractivity contribution in [2.45, 2.75) is 17.6 Å². The third kappa shape index (κ3) is 4.06. The van der Waals surface area contributed by atoms with Crippen LogP contribution in [0.2, 0.25) is 5.02 Å². The molecule has 2 aromatic carbocycles. The topological polar surface area (TPSA) is 56.3 Å². The van der Waals surface area contributed by atoms with E-state index in [0.717, 1.165) is 16.7 Å². The number of hydrogen-bond donors (Lipinski definition) is 0. The van der Waals surface area contributed by atoms with Gasteiger partial charge in [-0.3, -0.25) is 4.98 Å². The molecule has 3 rings (SSSR count). The van der Waals surface area contributed by atoms with Crippen molar-refractivity contribution >= 4 is 21.4 Å². The third-order valence-electron chi connectivity index (χ3n) is 3.96. The van der Waals surface area contributed by atoms with E-state index in [1.165, 1.54) is 13.2 Å². The van der Waals surface area contributed by atoms with Crippen LogP contribution >= 0.6 is 11.6 Å². The molecule has 0 bridgehead atoms. The first-order valence-electron chi connectivity index (χ1n) is 7.96. The largest absolute Gasteiger partial charge is 0.495 e. The molecule has 0 saturated heterocycles. The molecule has 1 aromatic heterocycles. The molecule has 4 nitrogen and oxygen atoms in total. The van der Waals surface area contributed by atoms with Crippen LogP contribution in [0.15, 0.2) is 65.8 Å². The van der Waals surface area contributed by atoms with Crippen molar-refractivity contribution in [2.75, 3.05) is 7.11 Å². The maximum atomic E-state index is 12.9. The van der Waals surface area contributed by atoms with Gasteiger partial charge in [0.1, 0.15) is 10.6 Å². The number of rotatable bonds is 5. The maximum Gasteiger partial charge on any atom is 0.186 e. The van der Waals surface area contributed by atoms with E-state index in [-0.39, 0.29) is 16.4 Å². The highest BCUT2D eigenvalue weighted by molar-refractivity contribution is 7.90. The quantitative estimate of drug-likeness (QED) is 0.637. The number of hydrogen-bond acceptors (Lipinski definition) is 4. The zero-order chi connectivity index (χ0) is 18.7. The molecule has 134 valence electrons. The summed E-state index contributed by atoms with van der Waals surface area (Å²) >= 11 is 5.97. The van der Waals surface area contributed by atoms with Crippen molar-refractivity contribution in [3.8, 4) is 16.9 Å². The molecule has 0 aliphatic rings. The van der Waals surface area contributed by atoms with Crippen molar-refractivity contribution in [3.05, 3.63) is 77.1 Å². The Kier molecular flexibility index (Phi) is 5.30. The molecule has 6 heteroatoms. The van der Waals surface area contributed by atoms with Crippen LogP contribution in [-0.4, -0.2) is 20.5 Å². The van der Waals surface area contributed by atoms with Crippen LogP contribution in [0.4, 0.5) is 0 Å². The van der Waals surface area contributed by atoms with Crippen LogP contribution in [0, 0.1) is 6.92 Å². The molecule has 0 fully saturated rings. The maximum absolute atomic E-state index is 12.9. The molecule has 0 saturated carbocycles. The van der Waals surface area contributed by atoms with Gasteiger partial charge in [-0.05, 0) is 42.3 Å². The van der Waals surface area contributed by atoms with E-state index in [1.54, 1.807) is 24.5 Å². The molecule has 0 unspecified atom stereocenters. The standard InChI is InChI=1S/C20H18ClNO3S/c1-14-4-3-5-16(8-14)17-9-15(11-22-12-17)13-26(23,24)20-10-18(21)6-7-19(20)25-2/h3-12H,13H2,1-2H3. The Morgan fingerprint density at radius 3 is 2.58 bits per heavy atom. The molecule has 26 heavy (non-hydrogen) atoms. The normalized spacial score (nSPS) is 11.3. The number of ether oxygens (including phenoxy) is 1. The van der Waals surface area contributed by atoms with Crippen LogP contribution in [0.3, 0.4) is 0 Å². The lowest BCUT2D eigenvalue weighted by Crippen LogP contribution is -2.07. The number of benzene rings is 2.